The standard InChI is InChI=1S/C24H22FN5O4S2/c1-2-34-23(33)19-15-5-3-4-6-17(15)36-22(19)27-18(31)12-35-24-28-20-16(21(32)29-24)11-26-30(20)14-9-7-13(25)8-10-14/h7-11H,2-6,12H2,1H3,(H,27,31)(H,28,29,32). The number of carbonyl (C=O) groups excluding carboxylic acids is 2. The number of nitrogens with one attached hydrogen (secondary N) is 2. The Bertz CT molecular complexity index is 1510. The zero-order chi connectivity index (χ0) is 25.2. The summed E-state index contributed by atoms with van der Waals surface area (Å²) in [5.74, 6) is -1.19. The first-order chi connectivity index (χ1) is 17.4. The number of benzene rings is 1. The summed E-state index contributed by atoms with van der Waals surface area (Å²) in [5.41, 5.74) is 1.87. The molecule has 1 aliphatic rings. The van der Waals surface area contributed by atoms with Gasteiger partial charge in [-0.25, -0.2) is 18.9 Å². The molecule has 2 N–H and O–H groups in total. The van der Waals surface area contributed by atoms with Gasteiger partial charge in [0.15, 0.2) is 10.8 Å². The van der Waals surface area contributed by atoms with Crippen LogP contribution in [0.25, 0.3) is 16.7 Å². The van der Waals surface area contributed by atoms with E-state index in [9.17, 15) is 18.8 Å². The summed E-state index contributed by atoms with van der Waals surface area (Å²) in [6, 6.07) is 5.66. The molecule has 0 saturated heterocycles. The van der Waals surface area contributed by atoms with E-state index in [1.807, 2.05) is 0 Å². The summed E-state index contributed by atoms with van der Waals surface area (Å²) in [7, 11) is 0. The molecule has 12 heteroatoms. The number of thiophene rings is 1. The van der Waals surface area contributed by atoms with Crippen LogP contribution in [0.4, 0.5) is 9.39 Å². The van der Waals surface area contributed by atoms with Crippen molar-refractivity contribution in [2.45, 2.75) is 37.8 Å². The fourth-order valence-electron chi connectivity index (χ4n) is 4.11. The maximum absolute atomic E-state index is 13.3. The van der Waals surface area contributed by atoms with Crippen molar-refractivity contribution in [2.75, 3.05) is 17.7 Å². The number of carbonyl (C=O) groups is 2. The first-order valence-electron chi connectivity index (χ1n) is 11.4. The highest BCUT2D eigenvalue weighted by molar-refractivity contribution is 7.99. The van der Waals surface area contributed by atoms with Gasteiger partial charge in [0.25, 0.3) is 5.56 Å². The maximum Gasteiger partial charge on any atom is 0.341 e. The molecule has 5 rings (SSSR count). The van der Waals surface area contributed by atoms with Crippen molar-refractivity contribution >= 4 is 51.0 Å². The van der Waals surface area contributed by atoms with Gasteiger partial charge >= 0.3 is 5.97 Å². The minimum atomic E-state index is -0.426. The van der Waals surface area contributed by atoms with Gasteiger partial charge in [-0.15, -0.1) is 11.3 Å². The number of anilines is 1. The van der Waals surface area contributed by atoms with Gasteiger partial charge in [0, 0.05) is 4.88 Å². The van der Waals surface area contributed by atoms with E-state index in [1.165, 1.54) is 46.5 Å². The van der Waals surface area contributed by atoms with E-state index in [-0.39, 0.29) is 34.6 Å². The molecule has 0 spiro atoms. The van der Waals surface area contributed by atoms with E-state index >= 15 is 0 Å². The minimum Gasteiger partial charge on any atom is -0.462 e. The molecule has 0 radical (unpaired) electrons. The Morgan fingerprint density at radius 1 is 1.25 bits per heavy atom. The average Bonchev–Trinajstić information content (AvgIpc) is 3.45. The summed E-state index contributed by atoms with van der Waals surface area (Å²) < 4.78 is 20.0. The molecule has 0 bridgehead atoms. The van der Waals surface area contributed by atoms with Crippen LogP contribution in [0, 0.1) is 5.82 Å². The molecule has 0 saturated carbocycles. The normalized spacial score (nSPS) is 12.9. The molecule has 36 heavy (non-hydrogen) atoms. The Morgan fingerprint density at radius 2 is 2.03 bits per heavy atom. The Labute approximate surface area is 213 Å². The Balaban J connectivity index is 1.35. The van der Waals surface area contributed by atoms with Gasteiger partial charge in [-0.1, -0.05) is 11.8 Å². The van der Waals surface area contributed by atoms with Crippen molar-refractivity contribution in [1.82, 2.24) is 19.7 Å². The molecule has 4 aromatic rings. The lowest BCUT2D eigenvalue weighted by Crippen LogP contribution is -2.18. The number of thioether (sulfide) groups is 1. The van der Waals surface area contributed by atoms with E-state index in [1.54, 1.807) is 6.92 Å². The number of aryl methyl sites for hydroxylation is 1. The number of aromatic nitrogens is 4. The molecule has 3 heterocycles. The van der Waals surface area contributed by atoms with E-state index < -0.39 is 11.5 Å². The molecule has 9 nitrogen and oxygen atoms in total. The van der Waals surface area contributed by atoms with E-state index in [0.717, 1.165) is 47.9 Å². The monoisotopic (exact) mass is 527 g/mol. The van der Waals surface area contributed by atoms with E-state index in [0.29, 0.717) is 21.9 Å². The second kappa shape index (κ2) is 10.2. The number of H-pyrrole nitrogens is 1. The highest BCUT2D eigenvalue weighted by Crippen LogP contribution is 2.38. The third kappa shape index (κ3) is 4.78. The highest BCUT2D eigenvalue weighted by Gasteiger charge is 2.27. The summed E-state index contributed by atoms with van der Waals surface area (Å²) in [5, 5.41) is 8.06. The second-order valence-corrected chi connectivity index (χ2v) is 10.2. The first-order valence-corrected chi connectivity index (χ1v) is 13.2. The van der Waals surface area contributed by atoms with E-state index in [4.69, 9.17) is 4.74 Å². The third-order valence-electron chi connectivity index (χ3n) is 5.73. The van der Waals surface area contributed by atoms with Crippen LogP contribution < -0.4 is 10.9 Å². The summed E-state index contributed by atoms with van der Waals surface area (Å²) in [4.78, 5) is 46.2. The summed E-state index contributed by atoms with van der Waals surface area (Å²) in [6.45, 7) is 2.00. The van der Waals surface area contributed by atoms with E-state index in [2.05, 4.69) is 20.4 Å². The zero-order valence-corrected chi connectivity index (χ0v) is 20.9. The third-order valence-corrected chi connectivity index (χ3v) is 7.81. The molecule has 0 fully saturated rings. The Kier molecular flexibility index (Phi) is 6.88. The predicted octanol–water partition coefficient (Wildman–Crippen LogP) is 4.10. The van der Waals surface area contributed by atoms with Crippen molar-refractivity contribution in [3.05, 3.63) is 62.6 Å². The van der Waals surface area contributed by atoms with Gasteiger partial charge in [0.1, 0.15) is 16.2 Å². The fourth-order valence-corrected chi connectivity index (χ4v) is 6.06. The molecule has 0 aliphatic heterocycles. The molecule has 0 atom stereocenters. The average molecular weight is 528 g/mol. The van der Waals surface area contributed by atoms with Crippen LogP contribution in [-0.4, -0.2) is 44.0 Å². The molecular weight excluding hydrogens is 505 g/mol. The zero-order valence-electron chi connectivity index (χ0n) is 19.3. The Hall–Kier alpha value is -3.51. The first kappa shape index (κ1) is 24.2. The van der Waals surface area contributed by atoms with Crippen molar-refractivity contribution in [3.63, 3.8) is 0 Å². The number of rotatable bonds is 7. The lowest BCUT2D eigenvalue weighted by atomic mass is 9.95. The number of halogens is 1. The van der Waals surface area contributed by atoms with Crippen molar-refractivity contribution in [1.29, 1.82) is 0 Å². The Morgan fingerprint density at radius 3 is 2.81 bits per heavy atom. The number of hydrogen-bond donors (Lipinski definition) is 2. The van der Waals surface area contributed by atoms with Gasteiger partial charge in [-0.05, 0) is 62.4 Å². The summed E-state index contributed by atoms with van der Waals surface area (Å²) >= 11 is 2.47. The maximum atomic E-state index is 13.3. The smallest absolute Gasteiger partial charge is 0.341 e. The second-order valence-electron chi connectivity index (χ2n) is 8.11. The van der Waals surface area contributed by atoms with Crippen molar-refractivity contribution < 1.29 is 18.7 Å². The molecule has 1 aliphatic carbocycles. The van der Waals surface area contributed by atoms with Gasteiger partial charge < -0.3 is 15.0 Å². The summed E-state index contributed by atoms with van der Waals surface area (Å²) in [6.07, 6.45) is 5.10. The van der Waals surface area contributed by atoms with Crippen molar-refractivity contribution in [2.24, 2.45) is 0 Å². The van der Waals surface area contributed by atoms with Crippen LogP contribution in [0.15, 0.2) is 40.4 Å². The number of amides is 1. The van der Waals surface area contributed by atoms with Crippen LogP contribution in [0.2, 0.25) is 0 Å². The van der Waals surface area contributed by atoms with Gasteiger partial charge in [-0.2, -0.15) is 5.10 Å². The number of fused-ring (bicyclic) bond motifs is 2. The van der Waals surface area contributed by atoms with Gasteiger partial charge in [-0.3, -0.25) is 9.59 Å². The highest BCUT2D eigenvalue weighted by atomic mass is 32.2. The molecule has 1 amide bonds. The van der Waals surface area contributed by atoms with Crippen LogP contribution in [-0.2, 0) is 22.4 Å². The van der Waals surface area contributed by atoms with Crippen molar-refractivity contribution in [3.8, 4) is 5.69 Å². The van der Waals surface area contributed by atoms with Crippen LogP contribution >= 0.6 is 23.1 Å². The molecular formula is C24H22FN5O4S2. The molecule has 3 aromatic heterocycles. The molecule has 0 unspecified atom stereocenters. The number of nitrogens with zero attached hydrogens (tertiary/aromatic N) is 3. The molecule has 1 aromatic carbocycles. The number of aromatic amines is 1. The SMILES string of the molecule is CCOC(=O)c1c(NC(=O)CSc2nc3c(cnn3-c3ccc(F)cc3)c(=O)[nH]2)sc2c1CCCC2. The van der Waals surface area contributed by atoms with Crippen LogP contribution in [0.1, 0.15) is 40.6 Å². The van der Waals surface area contributed by atoms with Crippen LogP contribution in [0.3, 0.4) is 0 Å². The molecule has 186 valence electrons. The van der Waals surface area contributed by atoms with Gasteiger partial charge in [0.2, 0.25) is 5.91 Å². The quantitative estimate of drug-likeness (QED) is 0.211. The van der Waals surface area contributed by atoms with Crippen LogP contribution in [0.5, 0.6) is 0 Å². The minimum absolute atomic E-state index is 0.0377. The lowest BCUT2D eigenvalue weighted by molar-refractivity contribution is -0.113. The largest absolute Gasteiger partial charge is 0.462 e. The topological polar surface area (TPSA) is 119 Å². The van der Waals surface area contributed by atoms with Gasteiger partial charge in [0.05, 0.1) is 29.8 Å². The predicted molar refractivity (Wildman–Crippen MR) is 136 cm³/mol. The number of esters is 1. The fraction of sp³-hybridized carbons (Fsp3) is 0.292. The number of hydrogen-bond acceptors (Lipinski definition) is 8. The number of ether oxygens (including phenoxy) is 1. The lowest BCUT2D eigenvalue weighted by Gasteiger charge is -2.12.